The molecule has 0 aromatic carbocycles. The number of aromatic nitrogens is 2. The van der Waals surface area contributed by atoms with Crippen molar-refractivity contribution in [3.63, 3.8) is 0 Å². The lowest BCUT2D eigenvalue weighted by Gasteiger charge is -1.94. The van der Waals surface area contributed by atoms with Crippen molar-refractivity contribution in [2.24, 2.45) is 0 Å². The second kappa shape index (κ2) is 3.20. The Kier molecular flexibility index (Phi) is 2.04. The van der Waals surface area contributed by atoms with Crippen LogP contribution in [0.1, 0.15) is 31.0 Å². The van der Waals surface area contributed by atoms with E-state index < -0.39 is 5.97 Å². The zero-order chi connectivity index (χ0) is 9.26. The first-order valence-corrected chi connectivity index (χ1v) is 4.50. The summed E-state index contributed by atoms with van der Waals surface area (Å²) in [7, 11) is 0. The monoisotopic (exact) mass is 180 g/mol. The van der Waals surface area contributed by atoms with Gasteiger partial charge in [-0.1, -0.05) is 0 Å². The highest BCUT2D eigenvalue weighted by atomic mass is 16.4. The Bertz CT molecular complexity index is 315. The third kappa shape index (κ3) is 2.08. The van der Waals surface area contributed by atoms with Gasteiger partial charge in [0, 0.05) is 18.7 Å². The molecule has 0 amide bonds. The fraction of sp³-hybridized carbons (Fsp3) is 0.556. The van der Waals surface area contributed by atoms with Crippen molar-refractivity contribution >= 4 is 5.97 Å². The van der Waals surface area contributed by atoms with Crippen molar-refractivity contribution in [2.75, 3.05) is 0 Å². The molecule has 1 saturated carbocycles. The van der Waals surface area contributed by atoms with Gasteiger partial charge in [0.05, 0.1) is 18.4 Å². The van der Waals surface area contributed by atoms with Crippen LogP contribution in [-0.4, -0.2) is 20.6 Å². The van der Waals surface area contributed by atoms with E-state index in [0.29, 0.717) is 12.5 Å². The maximum Gasteiger partial charge on any atom is 0.303 e. The maximum atomic E-state index is 10.3. The lowest BCUT2D eigenvalue weighted by atomic mass is 10.2. The molecule has 0 radical (unpaired) electrons. The van der Waals surface area contributed by atoms with Crippen LogP contribution in [0.15, 0.2) is 12.5 Å². The van der Waals surface area contributed by atoms with Crippen molar-refractivity contribution in [3.8, 4) is 0 Å². The second-order valence-corrected chi connectivity index (χ2v) is 3.44. The van der Waals surface area contributed by atoms with Crippen molar-refractivity contribution in [2.45, 2.75) is 31.7 Å². The highest BCUT2D eigenvalue weighted by Crippen LogP contribution is 2.34. The van der Waals surface area contributed by atoms with Gasteiger partial charge in [0.25, 0.3) is 0 Å². The minimum absolute atomic E-state index is 0.168. The molecule has 2 rings (SSSR count). The largest absolute Gasteiger partial charge is 0.481 e. The number of hydrogen-bond acceptors (Lipinski definition) is 2. The summed E-state index contributed by atoms with van der Waals surface area (Å²) < 4.78 is 2.08. The normalized spacial score (nSPS) is 16.0. The van der Waals surface area contributed by atoms with Crippen molar-refractivity contribution < 1.29 is 9.90 Å². The van der Waals surface area contributed by atoms with E-state index in [9.17, 15) is 4.79 Å². The summed E-state index contributed by atoms with van der Waals surface area (Å²) in [6, 6.07) is 0.631. The van der Waals surface area contributed by atoms with Gasteiger partial charge in [-0.15, -0.1) is 0 Å². The van der Waals surface area contributed by atoms with Gasteiger partial charge in [-0.05, 0) is 12.8 Å². The predicted octanol–water partition coefficient (Wildman–Crippen LogP) is 1.24. The van der Waals surface area contributed by atoms with Gasteiger partial charge in [-0.25, -0.2) is 4.98 Å². The van der Waals surface area contributed by atoms with Crippen LogP contribution >= 0.6 is 0 Å². The van der Waals surface area contributed by atoms with Crippen molar-refractivity contribution in [1.82, 2.24) is 9.55 Å². The number of carboxylic acids is 1. The minimum Gasteiger partial charge on any atom is -0.481 e. The number of imidazole rings is 1. The standard InChI is InChI=1S/C9H12N2O2/c12-9(13)4-1-7-5-11(6-10-7)8-2-3-8/h5-6,8H,1-4H2,(H,12,13). The van der Waals surface area contributed by atoms with Gasteiger partial charge in [-0.3, -0.25) is 4.79 Å². The smallest absolute Gasteiger partial charge is 0.303 e. The molecule has 1 aliphatic rings. The van der Waals surface area contributed by atoms with Crippen LogP contribution in [0.2, 0.25) is 0 Å². The van der Waals surface area contributed by atoms with Gasteiger partial charge >= 0.3 is 5.97 Å². The lowest BCUT2D eigenvalue weighted by Crippen LogP contribution is -1.97. The minimum atomic E-state index is -0.763. The van der Waals surface area contributed by atoms with Crippen LogP contribution < -0.4 is 0 Å². The summed E-state index contributed by atoms with van der Waals surface area (Å²) in [5.41, 5.74) is 0.884. The predicted molar refractivity (Wildman–Crippen MR) is 46.5 cm³/mol. The Hall–Kier alpha value is -1.32. The summed E-state index contributed by atoms with van der Waals surface area (Å²) in [6.45, 7) is 0. The zero-order valence-corrected chi connectivity index (χ0v) is 7.31. The molecule has 1 heterocycles. The van der Waals surface area contributed by atoms with E-state index in [0.717, 1.165) is 5.69 Å². The SMILES string of the molecule is O=C(O)CCc1cn(C2CC2)cn1. The van der Waals surface area contributed by atoms with E-state index in [2.05, 4.69) is 9.55 Å². The third-order valence-corrected chi connectivity index (χ3v) is 2.22. The number of carbonyl (C=O) groups is 1. The molecule has 4 heteroatoms. The Morgan fingerprint density at radius 2 is 2.46 bits per heavy atom. The summed E-state index contributed by atoms with van der Waals surface area (Å²) in [5, 5.41) is 8.47. The van der Waals surface area contributed by atoms with Gasteiger partial charge in [-0.2, -0.15) is 0 Å². The summed E-state index contributed by atoms with van der Waals surface area (Å²) in [4.78, 5) is 14.4. The number of hydrogen-bond donors (Lipinski definition) is 1. The number of carboxylic acid groups (broad SMARTS) is 1. The quantitative estimate of drug-likeness (QED) is 0.758. The molecule has 1 fully saturated rings. The van der Waals surface area contributed by atoms with E-state index in [1.807, 2.05) is 6.20 Å². The molecular weight excluding hydrogens is 168 g/mol. The first kappa shape index (κ1) is 8.29. The molecule has 0 spiro atoms. The molecule has 70 valence electrons. The van der Waals surface area contributed by atoms with Crippen LogP contribution in [0.5, 0.6) is 0 Å². The first-order chi connectivity index (χ1) is 6.25. The summed E-state index contributed by atoms with van der Waals surface area (Å²) in [5.74, 6) is -0.763. The van der Waals surface area contributed by atoms with E-state index in [1.54, 1.807) is 6.33 Å². The van der Waals surface area contributed by atoms with Crippen molar-refractivity contribution in [1.29, 1.82) is 0 Å². The Morgan fingerprint density at radius 3 is 3.08 bits per heavy atom. The van der Waals surface area contributed by atoms with E-state index in [-0.39, 0.29) is 6.42 Å². The number of rotatable bonds is 4. The lowest BCUT2D eigenvalue weighted by molar-refractivity contribution is -0.136. The van der Waals surface area contributed by atoms with E-state index in [1.165, 1.54) is 12.8 Å². The molecule has 0 saturated heterocycles. The average Bonchev–Trinajstić information content (AvgIpc) is 2.83. The molecule has 1 aromatic heterocycles. The topological polar surface area (TPSA) is 55.1 Å². The maximum absolute atomic E-state index is 10.3. The second-order valence-electron chi connectivity index (χ2n) is 3.44. The van der Waals surface area contributed by atoms with Gasteiger partial charge in [0.2, 0.25) is 0 Å². The first-order valence-electron chi connectivity index (χ1n) is 4.50. The molecule has 1 N–H and O–H groups in total. The van der Waals surface area contributed by atoms with Crippen LogP contribution in [-0.2, 0) is 11.2 Å². The molecular formula is C9H12N2O2. The van der Waals surface area contributed by atoms with Crippen molar-refractivity contribution in [3.05, 3.63) is 18.2 Å². The summed E-state index contributed by atoms with van der Waals surface area (Å²) in [6.07, 6.45) is 6.93. The third-order valence-electron chi connectivity index (χ3n) is 2.22. The van der Waals surface area contributed by atoms with E-state index >= 15 is 0 Å². The van der Waals surface area contributed by atoms with Crippen LogP contribution in [0.4, 0.5) is 0 Å². The van der Waals surface area contributed by atoms with Gasteiger partial charge in [0.1, 0.15) is 0 Å². The van der Waals surface area contributed by atoms with Gasteiger partial charge < -0.3 is 9.67 Å². The number of aryl methyl sites for hydroxylation is 1. The highest BCUT2D eigenvalue weighted by Gasteiger charge is 2.23. The zero-order valence-electron chi connectivity index (χ0n) is 7.31. The molecule has 0 aliphatic heterocycles. The molecule has 0 atom stereocenters. The van der Waals surface area contributed by atoms with E-state index in [4.69, 9.17) is 5.11 Å². The number of aliphatic carboxylic acids is 1. The average molecular weight is 180 g/mol. The molecule has 13 heavy (non-hydrogen) atoms. The molecule has 0 bridgehead atoms. The fourth-order valence-corrected chi connectivity index (χ4v) is 1.32. The molecule has 1 aromatic rings. The molecule has 0 unspecified atom stereocenters. The van der Waals surface area contributed by atoms with Gasteiger partial charge in [0.15, 0.2) is 0 Å². The fourth-order valence-electron chi connectivity index (χ4n) is 1.32. The Labute approximate surface area is 76.2 Å². The molecule has 4 nitrogen and oxygen atoms in total. The van der Waals surface area contributed by atoms with Crippen LogP contribution in [0, 0.1) is 0 Å². The highest BCUT2D eigenvalue weighted by molar-refractivity contribution is 5.66. The van der Waals surface area contributed by atoms with Crippen LogP contribution in [0.25, 0.3) is 0 Å². The molecule has 1 aliphatic carbocycles. The summed E-state index contributed by atoms with van der Waals surface area (Å²) >= 11 is 0. The number of nitrogens with zero attached hydrogens (tertiary/aromatic N) is 2. The Balaban J connectivity index is 1.92. The van der Waals surface area contributed by atoms with Crippen LogP contribution in [0.3, 0.4) is 0 Å². The Morgan fingerprint density at radius 1 is 1.69 bits per heavy atom.